The van der Waals surface area contributed by atoms with Gasteiger partial charge in [0.2, 0.25) is 0 Å². The first-order chi connectivity index (χ1) is 12.1. The van der Waals surface area contributed by atoms with Crippen molar-refractivity contribution in [3.63, 3.8) is 0 Å². The van der Waals surface area contributed by atoms with Crippen molar-refractivity contribution in [1.82, 2.24) is 9.62 Å². The fourth-order valence-corrected chi connectivity index (χ4v) is 3.19. The van der Waals surface area contributed by atoms with Gasteiger partial charge in [0.25, 0.3) is 5.91 Å². The van der Waals surface area contributed by atoms with Crippen LogP contribution in [0.3, 0.4) is 0 Å². The highest BCUT2D eigenvalue weighted by Gasteiger charge is 2.21. The van der Waals surface area contributed by atoms with Crippen molar-refractivity contribution in [3.05, 3.63) is 65.5 Å². The molecular formula is C18H22FN3O3S. The second-order valence-corrected chi connectivity index (χ2v) is 8.22. The van der Waals surface area contributed by atoms with Gasteiger partial charge in [0.15, 0.2) is 0 Å². The van der Waals surface area contributed by atoms with E-state index in [-0.39, 0.29) is 17.8 Å². The van der Waals surface area contributed by atoms with Gasteiger partial charge in [-0.1, -0.05) is 12.1 Å². The molecule has 0 aromatic heterocycles. The lowest BCUT2D eigenvalue weighted by Crippen LogP contribution is -2.37. The molecule has 2 rings (SSSR count). The van der Waals surface area contributed by atoms with E-state index in [9.17, 15) is 17.6 Å². The average Bonchev–Trinajstić information content (AvgIpc) is 2.61. The van der Waals surface area contributed by atoms with Gasteiger partial charge in [0.05, 0.1) is 11.7 Å². The fraction of sp³-hybridized carbons (Fsp3) is 0.278. The highest BCUT2D eigenvalue weighted by Crippen LogP contribution is 2.19. The molecule has 2 aromatic carbocycles. The summed E-state index contributed by atoms with van der Waals surface area (Å²) in [5.74, 6) is -0.633. The number of rotatable bonds is 6. The van der Waals surface area contributed by atoms with E-state index >= 15 is 0 Å². The minimum absolute atomic E-state index is 0.292. The molecule has 0 aliphatic rings. The van der Waals surface area contributed by atoms with Crippen LogP contribution < -0.4 is 9.62 Å². The van der Waals surface area contributed by atoms with Gasteiger partial charge >= 0.3 is 10.2 Å². The SMILES string of the molecule is CC(NC(=O)c1ccc(N(C)S(=O)(=O)N(C)C)cc1)c1ccc(F)cc1. The summed E-state index contributed by atoms with van der Waals surface area (Å²) < 4.78 is 39.5. The van der Waals surface area contributed by atoms with Crippen LogP contribution in [0.2, 0.25) is 0 Å². The summed E-state index contributed by atoms with van der Waals surface area (Å²) in [4.78, 5) is 12.4. The van der Waals surface area contributed by atoms with Crippen molar-refractivity contribution in [3.8, 4) is 0 Å². The molecule has 0 fully saturated rings. The first-order valence-electron chi connectivity index (χ1n) is 7.95. The van der Waals surface area contributed by atoms with Crippen LogP contribution in [-0.4, -0.2) is 39.8 Å². The lowest BCUT2D eigenvalue weighted by atomic mass is 10.1. The Bertz CT molecular complexity index is 866. The van der Waals surface area contributed by atoms with Crippen LogP contribution in [0.15, 0.2) is 48.5 Å². The van der Waals surface area contributed by atoms with Crippen LogP contribution in [0.5, 0.6) is 0 Å². The maximum atomic E-state index is 13.0. The van der Waals surface area contributed by atoms with Gasteiger partial charge in [-0.25, -0.2) is 4.39 Å². The van der Waals surface area contributed by atoms with Crippen molar-refractivity contribution in [2.75, 3.05) is 25.4 Å². The van der Waals surface area contributed by atoms with Crippen molar-refractivity contribution in [1.29, 1.82) is 0 Å². The average molecular weight is 379 g/mol. The zero-order chi connectivity index (χ0) is 19.5. The Morgan fingerprint density at radius 1 is 1.00 bits per heavy atom. The Labute approximate surface area is 153 Å². The Morgan fingerprint density at radius 2 is 1.54 bits per heavy atom. The lowest BCUT2D eigenvalue weighted by Gasteiger charge is -2.23. The number of carbonyl (C=O) groups excluding carboxylic acids is 1. The van der Waals surface area contributed by atoms with E-state index in [2.05, 4.69) is 5.32 Å². The zero-order valence-corrected chi connectivity index (χ0v) is 15.9. The van der Waals surface area contributed by atoms with E-state index in [0.717, 1.165) is 14.2 Å². The van der Waals surface area contributed by atoms with Gasteiger partial charge < -0.3 is 5.32 Å². The first-order valence-corrected chi connectivity index (χ1v) is 9.35. The van der Waals surface area contributed by atoms with Crippen molar-refractivity contribution in [2.24, 2.45) is 0 Å². The molecule has 0 spiro atoms. The minimum Gasteiger partial charge on any atom is -0.346 e. The van der Waals surface area contributed by atoms with Crippen LogP contribution in [0.1, 0.15) is 28.9 Å². The molecule has 8 heteroatoms. The largest absolute Gasteiger partial charge is 0.346 e. The van der Waals surface area contributed by atoms with E-state index in [0.29, 0.717) is 11.3 Å². The van der Waals surface area contributed by atoms with E-state index in [1.165, 1.54) is 33.3 Å². The molecule has 0 heterocycles. The molecule has 1 amide bonds. The summed E-state index contributed by atoms with van der Waals surface area (Å²) in [5.41, 5.74) is 1.63. The highest BCUT2D eigenvalue weighted by molar-refractivity contribution is 7.90. The smallest absolute Gasteiger partial charge is 0.303 e. The van der Waals surface area contributed by atoms with Gasteiger partial charge in [0, 0.05) is 26.7 Å². The van der Waals surface area contributed by atoms with Crippen molar-refractivity contribution in [2.45, 2.75) is 13.0 Å². The molecule has 0 radical (unpaired) electrons. The molecule has 1 unspecified atom stereocenters. The summed E-state index contributed by atoms with van der Waals surface area (Å²) >= 11 is 0. The number of halogens is 1. The summed E-state index contributed by atoms with van der Waals surface area (Å²) in [6, 6.07) is 11.9. The van der Waals surface area contributed by atoms with Crippen LogP contribution in [0.4, 0.5) is 10.1 Å². The number of nitrogens with one attached hydrogen (secondary N) is 1. The number of amides is 1. The van der Waals surface area contributed by atoms with Gasteiger partial charge in [-0.05, 0) is 48.9 Å². The third kappa shape index (κ3) is 4.39. The maximum Gasteiger partial charge on any atom is 0.303 e. The normalized spacial score (nSPS) is 12.7. The number of benzene rings is 2. The van der Waals surface area contributed by atoms with Gasteiger partial charge in [-0.15, -0.1) is 0 Å². The zero-order valence-electron chi connectivity index (χ0n) is 15.1. The van der Waals surface area contributed by atoms with Crippen LogP contribution in [-0.2, 0) is 10.2 Å². The number of nitrogens with zero attached hydrogens (tertiary/aromatic N) is 2. The third-order valence-electron chi connectivity index (χ3n) is 4.02. The quantitative estimate of drug-likeness (QED) is 0.839. The predicted molar refractivity (Wildman–Crippen MR) is 99.7 cm³/mol. The molecule has 0 saturated carbocycles. The van der Waals surface area contributed by atoms with Gasteiger partial charge in [-0.2, -0.15) is 12.7 Å². The van der Waals surface area contributed by atoms with E-state index in [1.54, 1.807) is 43.3 Å². The second kappa shape index (κ2) is 7.84. The Balaban J connectivity index is 2.10. The topological polar surface area (TPSA) is 69.7 Å². The molecule has 6 nitrogen and oxygen atoms in total. The maximum absolute atomic E-state index is 13.0. The Kier molecular flexibility index (Phi) is 5.99. The Hall–Kier alpha value is -2.45. The third-order valence-corrected chi connectivity index (χ3v) is 5.84. The lowest BCUT2D eigenvalue weighted by molar-refractivity contribution is 0.0940. The number of anilines is 1. The molecule has 0 saturated heterocycles. The molecule has 140 valence electrons. The van der Waals surface area contributed by atoms with Gasteiger partial charge in [0.1, 0.15) is 5.82 Å². The molecule has 1 atom stereocenters. The van der Waals surface area contributed by atoms with Crippen LogP contribution >= 0.6 is 0 Å². The summed E-state index contributed by atoms with van der Waals surface area (Å²) in [6.45, 7) is 1.80. The number of hydrogen-bond acceptors (Lipinski definition) is 3. The predicted octanol–water partition coefficient (Wildman–Crippen LogP) is 2.56. The van der Waals surface area contributed by atoms with Crippen molar-refractivity contribution < 1.29 is 17.6 Å². The molecule has 1 N–H and O–H groups in total. The molecular weight excluding hydrogens is 357 g/mol. The number of hydrogen-bond donors (Lipinski definition) is 1. The molecule has 26 heavy (non-hydrogen) atoms. The number of carbonyl (C=O) groups is 1. The van der Waals surface area contributed by atoms with Gasteiger partial charge in [-0.3, -0.25) is 9.10 Å². The summed E-state index contributed by atoms with van der Waals surface area (Å²) in [7, 11) is 0.757. The van der Waals surface area contributed by atoms with Crippen LogP contribution in [0, 0.1) is 5.82 Å². The second-order valence-electron chi connectivity index (χ2n) is 6.05. The fourth-order valence-electron chi connectivity index (χ4n) is 2.32. The summed E-state index contributed by atoms with van der Waals surface area (Å²) in [6.07, 6.45) is 0. The molecule has 0 aliphatic heterocycles. The molecule has 0 bridgehead atoms. The van der Waals surface area contributed by atoms with Crippen molar-refractivity contribution >= 4 is 21.8 Å². The molecule has 0 aliphatic carbocycles. The first kappa shape index (κ1) is 19.9. The Morgan fingerprint density at radius 3 is 2.04 bits per heavy atom. The van der Waals surface area contributed by atoms with E-state index in [1.807, 2.05) is 0 Å². The monoisotopic (exact) mass is 379 g/mol. The van der Waals surface area contributed by atoms with Crippen LogP contribution in [0.25, 0.3) is 0 Å². The molecule has 2 aromatic rings. The minimum atomic E-state index is -3.59. The van der Waals surface area contributed by atoms with E-state index < -0.39 is 10.2 Å². The standard InChI is InChI=1S/C18H22FN3O3S/c1-13(14-5-9-16(19)10-6-14)20-18(23)15-7-11-17(12-8-15)22(4)26(24,25)21(2)3/h5-13H,1-4H3,(H,20,23). The van der Waals surface area contributed by atoms with E-state index in [4.69, 9.17) is 0 Å². The highest BCUT2D eigenvalue weighted by atomic mass is 32.2. The summed E-state index contributed by atoms with van der Waals surface area (Å²) in [5, 5.41) is 2.83.